The van der Waals surface area contributed by atoms with Gasteiger partial charge in [-0.1, -0.05) is 23.2 Å². The van der Waals surface area contributed by atoms with Gasteiger partial charge in [-0.25, -0.2) is 0 Å². The van der Waals surface area contributed by atoms with Crippen molar-refractivity contribution in [1.82, 2.24) is 0 Å². The second-order valence-corrected chi connectivity index (χ2v) is 4.81. The van der Waals surface area contributed by atoms with E-state index in [1.54, 1.807) is 18.2 Å². The molecule has 20 heavy (non-hydrogen) atoms. The molecule has 0 aliphatic heterocycles. The quantitative estimate of drug-likeness (QED) is 0.830. The molecular weight excluding hydrogens is 297 g/mol. The van der Waals surface area contributed by atoms with Gasteiger partial charge in [-0.2, -0.15) is 5.26 Å². The average molecular weight is 306 g/mol. The first-order chi connectivity index (χ1) is 9.51. The van der Waals surface area contributed by atoms with E-state index in [1.807, 2.05) is 6.07 Å². The smallest absolute Gasteiger partial charge is 0.255 e. The Hall–Kier alpha value is -2.22. The van der Waals surface area contributed by atoms with Gasteiger partial charge in [-0.15, -0.1) is 0 Å². The molecule has 0 heterocycles. The van der Waals surface area contributed by atoms with Crippen LogP contribution in [0.3, 0.4) is 0 Å². The Morgan fingerprint density at radius 1 is 1.15 bits per heavy atom. The Labute approximate surface area is 125 Å². The first kappa shape index (κ1) is 14.2. The lowest BCUT2D eigenvalue weighted by Crippen LogP contribution is -2.13. The van der Waals surface area contributed by atoms with Crippen molar-refractivity contribution in [3.63, 3.8) is 0 Å². The van der Waals surface area contributed by atoms with Gasteiger partial charge in [-0.05, 0) is 36.4 Å². The highest BCUT2D eigenvalue weighted by Gasteiger charge is 2.11. The highest BCUT2D eigenvalue weighted by atomic mass is 35.5. The highest BCUT2D eigenvalue weighted by Crippen LogP contribution is 2.24. The number of nitriles is 1. The number of nitrogen functional groups attached to an aromatic ring is 1. The van der Waals surface area contributed by atoms with E-state index < -0.39 is 0 Å². The van der Waals surface area contributed by atoms with Crippen LogP contribution in [0.1, 0.15) is 15.9 Å². The van der Waals surface area contributed by atoms with Crippen molar-refractivity contribution in [2.75, 3.05) is 11.1 Å². The highest BCUT2D eigenvalue weighted by molar-refractivity contribution is 6.42. The lowest BCUT2D eigenvalue weighted by atomic mass is 10.1. The minimum Gasteiger partial charge on any atom is -0.399 e. The Kier molecular flexibility index (Phi) is 4.14. The molecular formula is C14H9Cl2N3O. The normalized spacial score (nSPS) is 9.85. The zero-order valence-electron chi connectivity index (χ0n) is 10.2. The molecule has 1 amide bonds. The maximum absolute atomic E-state index is 12.1. The molecule has 100 valence electrons. The lowest BCUT2D eigenvalue weighted by molar-refractivity contribution is 0.102. The molecule has 0 radical (unpaired) electrons. The maximum Gasteiger partial charge on any atom is 0.255 e. The van der Waals surface area contributed by atoms with Crippen LogP contribution in [0.25, 0.3) is 0 Å². The van der Waals surface area contributed by atoms with E-state index in [-0.39, 0.29) is 10.9 Å². The second-order valence-electron chi connectivity index (χ2n) is 4.00. The molecule has 2 aromatic rings. The Bertz CT molecular complexity index is 723. The number of carbonyl (C=O) groups is 1. The zero-order chi connectivity index (χ0) is 14.7. The molecule has 0 saturated carbocycles. The predicted molar refractivity (Wildman–Crippen MR) is 80.0 cm³/mol. The van der Waals surface area contributed by atoms with Gasteiger partial charge >= 0.3 is 0 Å². The number of hydrogen-bond acceptors (Lipinski definition) is 3. The maximum atomic E-state index is 12.1. The van der Waals surface area contributed by atoms with Crippen LogP contribution in [0.15, 0.2) is 36.4 Å². The third-order valence-electron chi connectivity index (χ3n) is 2.59. The summed E-state index contributed by atoms with van der Waals surface area (Å²) in [5, 5.41) is 12.3. The number of hydrogen-bond donors (Lipinski definition) is 2. The number of nitrogens with two attached hydrogens (primary N) is 1. The van der Waals surface area contributed by atoms with Crippen LogP contribution in [0, 0.1) is 11.3 Å². The van der Waals surface area contributed by atoms with Crippen LogP contribution in [0.2, 0.25) is 10.0 Å². The number of nitrogens with zero attached hydrogens (tertiary/aromatic N) is 1. The van der Waals surface area contributed by atoms with Gasteiger partial charge in [0.2, 0.25) is 0 Å². The van der Waals surface area contributed by atoms with E-state index in [0.29, 0.717) is 27.5 Å². The molecule has 0 bridgehead atoms. The molecule has 2 rings (SSSR count). The van der Waals surface area contributed by atoms with E-state index in [1.165, 1.54) is 18.2 Å². The predicted octanol–water partition coefficient (Wildman–Crippen LogP) is 3.70. The number of anilines is 2. The lowest BCUT2D eigenvalue weighted by Gasteiger charge is -2.08. The summed E-state index contributed by atoms with van der Waals surface area (Å²) in [7, 11) is 0. The van der Waals surface area contributed by atoms with Crippen molar-refractivity contribution < 1.29 is 4.79 Å². The van der Waals surface area contributed by atoms with E-state index >= 15 is 0 Å². The molecule has 0 unspecified atom stereocenters. The number of nitrogens with one attached hydrogen (secondary N) is 1. The summed E-state index contributed by atoms with van der Waals surface area (Å²) in [4.78, 5) is 12.1. The summed E-state index contributed by atoms with van der Waals surface area (Å²) in [5.41, 5.74) is 7.06. The van der Waals surface area contributed by atoms with Crippen molar-refractivity contribution in [2.24, 2.45) is 0 Å². The molecule has 0 aliphatic rings. The summed E-state index contributed by atoms with van der Waals surface area (Å²) in [6.07, 6.45) is 0. The Balaban J connectivity index is 2.28. The molecule has 2 aromatic carbocycles. The van der Waals surface area contributed by atoms with Crippen LogP contribution >= 0.6 is 23.2 Å². The first-order valence-corrected chi connectivity index (χ1v) is 6.33. The number of amides is 1. The van der Waals surface area contributed by atoms with Crippen molar-refractivity contribution in [1.29, 1.82) is 5.26 Å². The summed E-state index contributed by atoms with van der Waals surface area (Å²) < 4.78 is 0. The van der Waals surface area contributed by atoms with Crippen LogP contribution in [-0.4, -0.2) is 5.91 Å². The molecule has 3 N–H and O–H groups in total. The van der Waals surface area contributed by atoms with Gasteiger partial charge in [0, 0.05) is 11.3 Å². The monoisotopic (exact) mass is 305 g/mol. The first-order valence-electron chi connectivity index (χ1n) is 5.57. The fourth-order valence-electron chi connectivity index (χ4n) is 1.60. The van der Waals surface area contributed by atoms with Gasteiger partial charge in [0.25, 0.3) is 5.91 Å². The van der Waals surface area contributed by atoms with Crippen LogP contribution in [-0.2, 0) is 0 Å². The van der Waals surface area contributed by atoms with Crippen molar-refractivity contribution >= 4 is 40.5 Å². The van der Waals surface area contributed by atoms with Gasteiger partial charge in [-0.3, -0.25) is 4.79 Å². The summed E-state index contributed by atoms with van der Waals surface area (Å²) in [6, 6.07) is 11.2. The SMILES string of the molecule is N#Cc1cc(N)ccc1NC(=O)c1ccc(Cl)c(Cl)c1. The molecule has 0 atom stereocenters. The van der Waals surface area contributed by atoms with Gasteiger partial charge < -0.3 is 11.1 Å². The number of rotatable bonds is 2. The Morgan fingerprint density at radius 2 is 1.90 bits per heavy atom. The third kappa shape index (κ3) is 3.02. The summed E-state index contributed by atoms with van der Waals surface area (Å²) in [5.74, 6) is -0.384. The molecule has 0 spiro atoms. The fraction of sp³-hybridized carbons (Fsp3) is 0. The van der Waals surface area contributed by atoms with Crippen molar-refractivity contribution in [3.8, 4) is 6.07 Å². The molecule has 6 heteroatoms. The second kappa shape index (κ2) is 5.83. The molecule has 0 aromatic heterocycles. The number of halogens is 2. The average Bonchev–Trinajstić information content (AvgIpc) is 2.43. The van der Waals surface area contributed by atoms with Gasteiger partial charge in [0.15, 0.2) is 0 Å². The third-order valence-corrected chi connectivity index (χ3v) is 3.33. The molecule has 0 saturated heterocycles. The van der Waals surface area contributed by atoms with Crippen LogP contribution < -0.4 is 11.1 Å². The fourth-order valence-corrected chi connectivity index (χ4v) is 1.89. The number of carbonyl (C=O) groups excluding carboxylic acids is 1. The number of benzene rings is 2. The molecule has 0 fully saturated rings. The van der Waals surface area contributed by atoms with Crippen molar-refractivity contribution in [2.45, 2.75) is 0 Å². The Morgan fingerprint density at radius 3 is 2.55 bits per heavy atom. The van der Waals surface area contributed by atoms with Gasteiger partial charge in [0.1, 0.15) is 6.07 Å². The summed E-state index contributed by atoms with van der Waals surface area (Å²) >= 11 is 11.6. The molecule has 4 nitrogen and oxygen atoms in total. The topological polar surface area (TPSA) is 78.9 Å². The van der Waals surface area contributed by atoms with Crippen LogP contribution in [0.4, 0.5) is 11.4 Å². The van der Waals surface area contributed by atoms with Crippen molar-refractivity contribution in [3.05, 3.63) is 57.6 Å². The van der Waals surface area contributed by atoms with E-state index in [0.717, 1.165) is 0 Å². The molecule has 0 aliphatic carbocycles. The summed E-state index contributed by atoms with van der Waals surface area (Å²) in [6.45, 7) is 0. The van der Waals surface area contributed by atoms with Crippen LogP contribution in [0.5, 0.6) is 0 Å². The minimum atomic E-state index is -0.384. The zero-order valence-corrected chi connectivity index (χ0v) is 11.7. The van der Waals surface area contributed by atoms with E-state index in [4.69, 9.17) is 34.2 Å². The minimum absolute atomic E-state index is 0.289. The largest absolute Gasteiger partial charge is 0.399 e. The van der Waals surface area contributed by atoms with E-state index in [2.05, 4.69) is 5.32 Å². The standard InChI is InChI=1S/C14H9Cl2N3O/c15-11-3-1-8(6-12(11)16)14(20)19-13-4-2-10(18)5-9(13)7-17/h1-6H,18H2,(H,19,20). The van der Waals surface area contributed by atoms with Gasteiger partial charge in [0.05, 0.1) is 21.3 Å². The van der Waals surface area contributed by atoms with E-state index in [9.17, 15) is 4.79 Å².